The van der Waals surface area contributed by atoms with E-state index < -0.39 is 20.0 Å². The number of hydrogen-bond donors (Lipinski definition) is 1. The van der Waals surface area contributed by atoms with Crippen LogP contribution in [-0.4, -0.2) is 42.8 Å². The molecule has 0 saturated heterocycles. The fraction of sp³-hybridized carbons (Fsp3) is 0.294. The summed E-state index contributed by atoms with van der Waals surface area (Å²) in [5.74, 6) is 0.582. The summed E-state index contributed by atoms with van der Waals surface area (Å²) in [5, 5.41) is 0. The van der Waals surface area contributed by atoms with E-state index in [2.05, 4.69) is 4.72 Å². The van der Waals surface area contributed by atoms with Crippen LogP contribution in [0.25, 0.3) is 0 Å². The molecule has 0 fully saturated rings. The molecule has 0 aliphatic carbocycles. The molecule has 7 nitrogen and oxygen atoms in total. The van der Waals surface area contributed by atoms with Gasteiger partial charge in [-0.25, -0.2) is 21.6 Å². The molecule has 0 aliphatic heterocycles. The van der Waals surface area contributed by atoms with E-state index in [0.29, 0.717) is 18.0 Å². The molecule has 0 atom stereocenters. The zero-order valence-electron chi connectivity index (χ0n) is 14.6. The third-order valence-electron chi connectivity index (χ3n) is 3.50. The van der Waals surface area contributed by atoms with E-state index in [-0.39, 0.29) is 18.0 Å². The van der Waals surface area contributed by atoms with E-state index in [0.717, 1.165) is 10.6 Å². The van der Waals surface area contributed by atoms with Gasteiger partial charge in [0.25, 0.3) is 0 Å². The van der Waals surface area contributed by atoms with Crippen molar-refractivity contribution in [3.8, 4) is 5.75 Å². The zero-order chi connectivity index (χ0) is 19.2. The van der Waals surface area contributed by atoms with E-state index in [4.69, 9.17) is 4.74 Å². The first kappa shape index (κ1) is 20.2. The van der Waals surface area contributed by atoms with Crippen molar-refractivity contribution in [3.63, 3.8) is 0 Å². The predicted molar refractivity (Wildman–Crippen MR) is 101 cm³/mol. The van der Waals surface area contributed by atoms with Crippen molar-refractivity contribution in [2.45, 2.75) is 11.8 Å². The second kappa shape index (κ2) is 8.52. The Kier molecular flexibility index (Phi) is 6.63. The fourth-order valence-corrected chi connectivity index (χ4v) is 4.28. The molecule has 2 aromatic carbocycles. The predicted octanol–water partition coefficient (Wildman–Crippen LogP) is 1.83. The van der Waals surface area contributed by atoms with Gasteiger partial charge in [-0.1, -0.05) is 18.2 Å². The average Bonchev–Trinajstić information content (AvgIpc) is 2.59. The van der Waals surface area contributed by atoms with E-state index in [1.807, 2.05) is 6.92 Å². The first-order valence-electron chi connectivity index (χ1n) is 7.99. The number of hydrogen-bond acceptors (Lipinski definition) is 5. The number of nitrogens with zero attached hydrogens (tertiary/aromatic N) is 1. The van der Waals surface area contributed by atoms with Crippen molar-refractivity contribution in [1.82, 2.24) is 4.72 Å². The summed E-state index contributed by atoms with van der Waals surface area (Å²) in [5.41, 5.74) is 0.482. The Morgan fingerprint density at radius 1 is 0.962 bits per heavy atom. The molecule has 2 aromatic rings. The van der Waals surface area contributed by atoms with E-state index in [1.54, 1.807) is 42.5 Å². The average molecular weight is 399 g/mol. The first-order chi connectivity index (χ1) is 12.2. The second-order valence-electron chi connectivity index (χ2n) is 5.47. The highest BCUT2D eigenvalue weighted by atomic mass is 32.2. The molecule has 0 aromatic heterocycles. The molecule has 142 valence electrons. The summed E-state index contributed by atoms with van der Waals surface area (Å²) in [4.78, 5) is 0.0894. The van der Waals surface area contributed by atoms with Gasteiger partial charge in [0.15, 0.2) is 0 Å². The summed E-state index contributed by atoms with van der Waals surface area (Å²) in [6.07, 6.45) is 1.08. The Labute approximate surface area is 154 Å². The molecule has 1 N–H and O–H groups in total. The van der Waals surface area contributed by atoms with Gasteiger partial charge in [0.1, 0.15) is 5.75 Å². The van der Waals surface area contributed by atoms with Crippen molar-refractivity contribution in [2.75, 3.05) is 30.3 Å². The number of para-hydroxylation sites is 1. The van der Waals surface area contributed by atoms with Crippen LogP contribution in [-0.2, 0) is 20.0 Å². The van der Waals surface area contributed by atoms with Gasteiger partial charge < -0.3 is 4.74 Å². The molecule has 0 aliphatic rings. The lowest BCUT2D eigenvalue weighted by Crippen LogP contribution is -2.38. The van der Waals surface area contributed by atoms with Crippen molar-refractivity contribution < 1.29 is 21.6 Å². The number of sulfonamides is 2. The summed E-state index contributed by atoms with van der Waals surface area (Å²) < 4.78 is 57.5. The third kappa shape index (κ3) is 5.45. The minimum Gasteiger partial charge on any atom is -0.494 e. The molecule has 0 saturated carbocycles. The minimum absolute atomic E-state index is 0.0148. The van der Waals surface area contributed by atoms with Crippen molar-refractivity contribution in [3.05, 3.63) is 54.6 Å². The molecule has 0 bridgehead atoms. The van der Waals surface area contributed by atoms with Crippen molar-refractivity contribution >= 4 is 25.7 Å². The Balaban J connectivity index is 2.06. The Morgan fingerprint density at radius 2 is 1.58 bits per heavy atom. The smallest absolute Gasteiger partial charge is 0.240 e. The number of benzene rings is 2. The van der Waals surface area contributed by atoms with Gasteiger partial charge in [-0.3, -0.25) is 4.31 Å². The SMILES string of the molecule is CCOc1ccc(S(=O)(=O)NCCN(c2ccccc2)S(C)(=O)=O)cc1. The van der Waals surface area contributed by atoms with Gasteiger partial charge in [0.05, 0.1) is 23.4 Å². The van der Waals surface area contributed by atoms with Crippen LogP contribution in [0.2, 0.25) is 0 Å². The van der Waals surface area contributed by atoms with E-state index in [1.165, 1.54) is 12.1 Å². The van der Waals surface area contributed by atoms with E-state index in [9.17, 15) is 16.8 Å². The second-order valence-corrected chi connectivity index (χ2v) is 9.15. The van der Waals surface area contributed by atoms with Crippen LogP contribution in [0.1, 0.15) is 6.92 Å². The summed E-state index contributed by atoms with van der Waals surface area (Å²) in [7, 11) is -7.27. The number of ether oxygens (including phenoxy) is 1. The lowest BCUT2D eigenvalue weighted by Gasteiger charge is -2.22. The highest BCUT2D eigenvalue weighted by Crippen LogP contribution is 2.17. The Morgan fingerprint density at radius 3 is 2.12 bits per heavy atom. The van der Waals surface area contributed by atoms with Crippen LogP contribution in [0.5, 0.6) is 5.75 Å². The first-order valence-corrected chi connectivity index (χ1v) is 11.3. The number of rotatable bonds is 9. The molecule has 0 amide bonds. The monoisotopic (exact) mass is 398 g/mol. The molecule has 0 spiro atoms. The van der Waals surface area contributed by atoms with Crippen LogP contribution >= 0.6 is 0 Å². The standard InChI is InChI=1S/C17H22N2O5S2/c1-3-24-16-9-11-17(12-10-16)26(22,23)18-13-14-19(25(2,20)21)15-7-5-4-6-8-15/h4-12,18H,3,13-14H2,1-2H3. The maximum Gasteiger partial charge on any atom is 0.240 e. The molecule has 26 heavy (non-hydrogen) atoms. The number of nitrogens with one attached hydrogen (secondary N) is 1. The summed E-state index contributed by atoms with van der Waals surface area (Å²) >= 11 is 0. The lowest BCUT2D eigenvalue weighted by molar-refractivity contribution is 0.340. The van der Waals surface area contributed by atoms with Gasteiger partial charge in [-0.2, -0.15) is 0 Å². The van der Waals surface area contributed by atoms with Crippen LogP contribution in [0.3, 0.4) is 0 Å². The Hall–Kier alpha value is -2.10. The van der Waals surface area contributed by atoms with Gasteiger partial charge >= 0.3 is 0 Å². The Bertz CT molecular complexity index is 911. The van der Waals surface area contributed by atoms with Crippen molar-refractivity contribution in [1.29, 1.82) is 0 Å². The van der Waals surface area contributed by atoms with Crippen LogP contribution in [0.4, 0.5) is 5.69 Å². The van der Waals surface area contributed by atoms with Gasteiger partial charge in [0, 0.05) is 13.1 Å². The van der Waals surface area contributed by atoms with Crippen LogP contribution in [0, 0.1) is 0 Å². The molecular weight excluding hydrogens is 376 g/mol. The molecule has 2 rings (SSSR count). The molecule has 9 heteroatoms. The summed E-state index contributed by atoms with van der Waals surface area (Å²) in [6, 6.07) is 14.6. The minimum atomic E-state index is -3.74. The largest absolute Gasteiger partial charge is 0.494 e. The van der Waals surface area contributed by atoms with Gasteiger partial charge in [-0.15, -0.1) is 0 Å². The normalized spacial score (nSPS) is 11.9. The van der Waals surface area contributed by atoms with Gasteiger partial charge in [0.2, 0.25) is 20.0 Å². The topological polar surface area (TPSA) is 92.8 Å². The van der Waals surface area contributed by atoms with Crippen LogP contribution < -0.4 is 13.8 Å². The number of anilines is 1. The third-order valence-corrected chi connectivity index (χ3v) is 6.17. The zero-order valence-corrected chi connectivity index (χ0v) is 16.3. The summed E-state index contributed by atoms with van der Waals surface area (Å²) in [6.45, 7) is 2.26. The lowest BCUT2D eigenvalue weighted by atomic mass is 10.3. The fourth-order valence-electron chi connectivity index (χ4n) is 2.33. The van der Waals surface area contributed by atoms with Crippen molar-refractivity contribution in [2.24, 2.45) is 0 Å². The quantitative estimate of drug-likeness (QED) is 0.696. The maximum absolute atomic E-state index is 12.3. The van der Waals surface area contributed by atoms with E-state index >= 15 is 0 Å². The van der Waals surface area contributed by atoms with Gasteiger partial charge in [-0.05, 0) is 43.3 Å². The molecule has 0 radical (unpaired) electrons. The highest BCUT2D eigenvalue weighted by molar-refractivity contribution is 7.92. The molecule has 0 unspecified atom stereocenters. The van der Waals surface area contributed by atoms with Crippen LogP contribution in [0.15, 0.2) is 59.5 Å². The molecular formula is C17H22N2O5S2. The maximum atomic E-state index is 12.3. The highest BCUT2D eigenvalue weighted by Gasteiger charge is 2.19. The molecule has 0 heterocycles.